The first kappa shape index (κ1) is 11.3. The van der Waals surface area contributed by atoms with Crippen molar-refractivity contribution in [2.75, 3.05) is 31.2 Å². The minimum absolute atomic E-state index is 0.272. The first-order chi connectivity index (χ1) is 7.68. The summed E-state index contributed by atoms with van der Waals surface area (Å²) in [6, 6.07) is 1.58. The fourth-order valence-electron chi connectivity index (χ4n) is 1.94. The van der Waals surface area contributed by atoms with E-state index in [0.29, 0.717) is 19.1 Å². The van der Waals surface area contributed by atoms with Crippen LogP contribution in [0.2, 0.25) is 0 Å². The second kappa shape index (κ2) is 4.78. The second-order valence-corrected chi connectivity index (χ2v) is 4.31. The Balaban J connectivity index is 2.32. The summed E-state index contributed by atoms with van der Waals surface area (Å²) in [6.45, 7) is 7.17. The molecule has 0 spiro atoms. The molecule has 3 nitrogen and oxygen atoms in total. The van der Waals surface area contributed by atoms with Crippen LogP contribution in [-0.2, 0) is 4.74 Å². The first-order valence-electron chi connectivity index (χ1n) is 5.66. The quantitative estimate of drug-likeness (QED) is 0.770. The van der Waals surface area contributed by atoms with E-state index in [1.807, 2.05) is 0 Å². The van der Waals surface area contributed by atoms with E-state index in [-0.39, 0.29) is 5.82 Å². The number of aromatic nitrogens is 1. The summed E-state index contributed by atoms with van der Waals surface area (Å²) in [6.07, 6.45) is 1.29. The number of hydrogen-bond donors (Lipinski definition) is 0. The van der Waals surface area contributed by atoms with Gasteiger partial charge in [-0.05, 0) is 5.92 Å². The number of nitrogens with zero attached hydrogens (tertiary/aromatic N) is 2. The van der Waals surface area contributed by atoms with Crippen molar-refractivity contribution >= 4 is 5.69 Å². The number of halogens is 1. The van der Waals surface area contributed by atoms with Crippen LogP contribution in [0.5, 0.6) is 0 Å². The topological polar surface area (TPSA) is 25.4 Å². The third-order valence-corrected chi connectivity index (χ3v) is 2.76. The van der Waals surface area contributed by atoms with Gasteiger partial charge in [0.2, 0.25) is 0 Å². The SMILES string of the molecule is CC(C)c1ncc(F)cc1N1CCOCC1. The Hall–Kier alpha value is -1.16. The predicted octanol–water partition coefficient (Wildman–Crippen LogP) is 2.18. The van der Waals surface area contributed by atoms with Gasteiger partial charge in [-0.25, -0.2) is 4.39 Å². The zero-order valence-corrected chi connectivity index (χ0v) is 9.74. The Morgan fingerprint density at radius 3 is 2.69 bits per heavy atom. The predicted molar refractivity (Wildman–Crippen MR) is 61.3 cm³/mol. The lowest BCUT2D eigenvalue weighted by Gasteiger charge is -2.30. The second-order valence-electron chi connectivity index (χ2n) is 4.31. The van der Waals surface area contributed by atoms with Crippen molar-refractivity contribution in [3.05, 3.63) is 23.8 Å². The van der Waals surface area contributed by atoms with Crippen LogP contribution in [0, 0.1) is 5.82 Å². The lowest BCUT2D eigenvalue weighted by molar-refractivity contribution is 0.122. The molecular weight excluding hydrogens is 207 g/mol. The van der Waals surface area contributed by atoms with Crippen LogP contribution in [0.1, 0.15) is 25.5 Å². The van der Waals surface area contributed by atoms with Crippen molar-refractivity contribution in [1.82, 2.24) is 4.98 Å². The van der Waals surface area contributed by atoms with Gasteiger partial charge in [0.15, 0.2) is 0 Å². The molecule has 0 unspecified atom stereocenters. The van der Waals surface area contributed by atoms with E-state index in [9.17, 15) is 4.39 Å². The van der Waals surface area contributed by atoms with Gasteiger partial charge in [-0.2, -0.15) is 0 Å². The number of morpholine rings is 1. The molecule has 1 saturated heterocycles. The molecule has 1 aliphatic rings. The van der Waals surface area contributed by atoms with Crippen LogP contribution in [0.25, 0.3) is 0 Å². The molecule has 1 fully saturated rings. The molecule has 0 aliphatic carbocycles. The lowest BCUT2D eigenvalue weighted by atomic mass is 10.1. The van der Waals surface area contributed by atoms with Gasteiger partial charge in [0, 0.05) is 19.2 Å². The van der Waals surface area contributed by atoms with E-state index in [2.05, 4.69) is 23.7 Å². The van der Waals surface area contributed by atoms with Gasteiger partial charge in [-0.3, -0.25) is 4.98 Å². The number of pyridine rings is 1. The van der Waals surface area contributed by atoms with E-state index in [1.165, 1.54) is 6.20 Å². The molecule has 2 heterocycles. The Bertz CT molecular complexity index is 362. The highest BCUT2D eigenvalue weighted by molar-refractivity contribution is 5.52. The standard InChI is InChI=1S/C12H17FN2O/c1-9(2)12-11(7-10(13)8-14-12)15-3-5-16-6-4-15/h7-9H,3-6H2,1-2H3. The van der Waals surface area contributed by atoms with Crippen molar-refractivity contribution in [3.63, 3.8) is 0 Å². The van der Waals surface area contributed by atoms with Crippen LogP contribution in [0.4, 0.5) is 10.1 Å². The van der Waals surface area contributed by atoms with Gasteiger partial charge < -0.3 is 9.64 Å². The van der Waals surface area contributed by atoms with E-state index in [0.717, 1.165) is 24.5 Å². The third-order valence-electron chi connectivity index (χ3n) is 2.76. The molecule has 0 amide bonds. The van der Waals surface area contributed by atoms with Crippen LogP contribution in [-0.4, -0.2) is 31.3 Å². The maximum Gasteiger partial charge on any atom is 0.143 e. The highest BCUT2D eigenvalue weighted by Crippen LogP contribution is 2.26. The van der Waals surface area contributed by atoms with Crippen LogP contribution >= 0.6 is 0 Å². The van der Waals surface area contributed by atoms with Gasteiger partial charge in [0.1, 0.15) is 5.82 Å². The van der Waals surface area contributed by atoms with Gasteiger partial charge in [-0.15, -0.1) is 0 Å². The van der Waals surface area contributed by atoms with Crippen molar-refractivity contribution < 1.29 is 9.13 Å². The highest BCUT2D eigenvalue weighted by atomic mass is 19.1. The number of ether oxygens (including phenoxy) is 1. The molecule has 4 heteroatoms. The first-order valence-corrected chi connectivity index (χ1v) is 5.66. The van der Waals surface area contributed by atoms with E-state index in [4.69, 9.17) is 4.74 Å². The smallest absolute Gasteiger partial charge is 0.143 e. The zero-order chi connectivity index (χ0) is 11.5. The lowest BCUT2D eigenvalue weighted by Crippen LogP contribution is -2.37. The molecule has 88 valence electrons. The van der Waals surface area contributed by atoms with E-state index >= 15 is 0 Å². The largest absolute Gasteiger partial charge is 0.378 e. The van der Waals surface area contributed by atoms with Gasteiger partial charge in [0.25, 0.3) is 0 Å². The van der Waals surface area contributed by atoms with Crippen molar-refractivity contribution in [2.45, 2.75) is 19.8 Å². The van der Waals surface area contributed by atoms with Gasteiger partial charge in [-0.1, -0.05) is 13.8 Å². The highest BCUT2D eigenvalue weighted by Gasteiger charge is 2.18. The van der Waals surface area contributed by atoms with Crippen molar-refractivity contribution in [2.24, 2.45) is 0 Å². The zero-order valence-electron chi connectivity index (χ0n) is 9.74. The number of rotatable bonds is 2. The van der Waals surface area contributed by atoms with Crippen molar-refractivity contribution in [3.8, 4) is 0 Å². The maximum atomic E-state index is 13.2. The average molecular weight is 224 g/mol. The van der Waals surface area contributed by atoms with E-state index < -0.39 is 0 Å². The summed E-state index contributed by atoms with van der Waals surface area (Å²) in [5, 5.41) is 0. The van der Waals surface area contributed by atoms with E-state index in [1.54, 1.807) is 6.07 Å². The summed E-state index contributed by atoms with van der Waals surface area (Å²) in [5.41, 5.74) is 1.88. The molecule has 0 aromatic carbocycles. The molecule has 1 aromatic rings. The van der Waals surface area contributed by atoms with Crippen molar-refractivity contribution in [1.29, 1.82) is 0 Å². The molecule has 1 aliphatic heterocycles. The minimum atomic E-state index is -0.272. The summed E-state index contributed by atoms with van der Waals surface area (Å²) in [5.74, 6) is 0.0318. The Morgan fingerprint density at radius 2 is 2.06 bits per heavy atom. The number of hydrogen-bond acceptors (Lipinski definition) is 3. The molecule has 0 bridgehead atoms. The summed E-state index contributed by atoms with van der Waals surface area (Å²) >= 11 is 0. The monoisotopic (exact) mass is 224 g/mol. The normalized spacial score (nSPS) is 16.9. The van der Waals surface area contributed by atoms with Crippen LogP contribution in [0.3, 0.4) is 0 Å². The summed E-state index contributed by atoms with van der Waals surface area (Å²) in [4.78, 5) is 6.34. The summed E-state index contributed by atoms with van der Waals surface area (Å²) in [7, 11) is 0. The number of anilines is 1. The van der Waals surface area contributed by atoms with Crippen LogP contribution < -0.4 is 4.90 Å². The summed E-state index contributed by atoms with van der Waals surface area (Å²) < 4.78 is 18.5. The minimum Gasteiger partial charge on any atom is -0.378 e. The molecule has 0 atom stereocenters. The molecule has 1 aromatic heterocycles. The Morgan fingerprint density at radius 1 is 1.38 bits per heavy atom. The molecule has 2 rings (SSSR count). The molecular formula is C12H17FN2O. The third kappa shape index (κ3) is 2.32. The van der Waals surface area contributed by atoms with Gasteiger partial charge in [0.05, 0.1) is 30.8 Å². The Kier molecular flexibility index (Phi) is 3.39. The maximum absolute atomic E-state index is 13.2. The molecule has 0 saturated carbocycles. The fraction of sp³-hybridized carbons (Fsp3) is 0.583. The fourth-order valence-corrected chi connectivity index (χ4v) is 1.94. The average Bonchev–Trinajstić information content (AvgIpc) is 2.29. The molecule has 0 radical (unpaired) electrons. The van der Waals surface area contributed by atoms with Gasteiger partial charge >= 0.3 is 0 Å². The van der Waals surface area contributed by atoms with Crippen LogP contribution in [0.15, 0.2) is 12.3 Å². The molecule has 16 heavy (non-hydrogen) atoms. The Labute approximate surface area is 95.2 Å². The molecule has 0 N–H and O–H groups in total.